The van der Waals surface area contributed by atoms with Gasteiger partial charge in [-0.1, -0.05) is 42.1 Å². The summed E-state index contributed by atoms with van der Waals surface area (Å²) in [7, 11) is 0. The highest BCUT2D eigenvalue weighted by molar-refractivity contribution is 7.99. The van der Waals surface area contributed by atoms with Crippen LogP contribution in [0.25, 0.3) is 5.69 Å². The lowest BCUT2D eigenvalue weighted by atomic mass is 10.2. The second-order valence-electron chi connectivity index (χ2n) is 6.69. The van der Waals surface area contributed by atoms with Gasteiger partial charge >= 0.3 is 0 Å². The van der Waals surface area contributed by atoms with Crippen LogP contribution < -0.4 is 4.90 Å². The fourth-order valence-electron chi connectivity index (χ4n) is 3.02. The quantitative estimate of drug-likeness (QED) is 0.594. The van der Waals surface area contributed by atoms with Gasteiger partial charge in [-0.05, 0) is 57.5 Å². The Bertz CT molecular complexity index is 921. The Morgan fingerprint density at radius 2 is 1.81 bits per heavy atom. The average Bonchev–Trinajstić information content (AvgIpc) is 3.01. The van der Waals surface area contributed by atoms with E-state index in [9.17, 15) is 4.79 Å². The highest BCUT2D eigenvalue weighted by Crippen LogP contribution is 2.24. The fourth-order valence-corrected chi connectivity index (χ4v) is 3.87. The van der Waals surface area contributed by atoms with Crippen molar-refractivity contribution in [3.63, 3.8) is 0 Å². The van der Waals surface area contributed by atoms with Gasteiger partial charge in [0.25, 0.3) is 0 Å². The number of para-hydroxylation sites is 1. The topological polar surface area (TPSA) is 51.0 Å². The van der Waals surface area contributed by atoms with Crippen LogP contribution >= 0.6 is 11.8 Å². The van der Waals surface area contributed by atoms with Crippen LogP contribution in [0.15, 0.2) is 59.8 Å². The number of thioether (sulfide) groups is 1. The van der Waals surface area contributed by atoms with Crippen molar-refractivity contribution in [2.24, 2.45) is 0 Å². The predicted molar refractivity (Wildman–Crippen MR) is 111 cm³/mol. The summed E-state index contributed by atoms with van der Waals surface area (Å²) >= 11 is 1.42. The molecule has 6 heteroatoms. The summed E-state index contributed by atoms with van der Waals surface area (Å²) in [6, 6.07) is 18.0. The van der Waals surface area contributed by atoms with Gasteiger partial charge in [-0.25, -0.2) is 0 Å². The third-order valence-corrected chi connectivity index (χ3v) is 5.11. The first-order valence-electron chi connectivity index (χ1n) is 8.96. The molecule has 0 aliphatic heterocycles. The van der Waals surface area contributed by atoms with Crippen LogP contribution in [0.1, 0.15) is 25.2 Å². The highest BCUT2D eigenvalue weighted by atomic mass is 32.2. The summed E-state index contributed by atoms with van der Waals surface area (Å²) in [6.07, 6.45) is 0. The van der Waals surface area contributed by atoms with Crippen LogP contribution in [0, 0.1) is 13.8 Å². The zero-order chi connectivity index (χ0) is 19.4. The molecular formula is C21H24N4OS. The molecule has 0 radical (unpaired) electrons. The first-order chi connectivity index (χ1) is 13.0. The zero-order valence-corrected chi connectivity index (χ0v) is 16.9. The molecule has 0 fully saturated rings. The molecule has 140 valence electrons. The summed E-state index contributed by atoms with van der Waals surface area (Å²) < 4.78 is 1.99. The Labute approximate surface area is 164 Å². The van der Waals surface area contributed by atoms with Crippen LogP contribution in [-0.4, -0.2) is 32.5 Å². The minimum absolute atomic E-state index is 0.0534. The van der Waals surface area contributed by atoms with E-state index >= 15 is 0 Å². The van der Waals surface area contributed by atoms with Crippen LogP contribution in [0.4, 0.5) is 5.69 Å². The first kappa shape index (κ1) is 19.2. The van der Waals surface area contributed by atoms with E-state index < -0.39 is 0 Å². The van der Waals surface area contributed by atoms with Gasteiger partial charge in [0, 0.05) is 17.4 Å². The third kappa shape index (κ3) is 4.39. The summed E-state index contributed by atoms with van der Waals surface area (Å²) in [5.74, 6) is 1.16. The van der Waals surface area contributed by atoms with Gasteiger partial charge in [-0.15, -0.1) is 10.2 Å². The Kier molecular flexibility index (Phi) is 5.96. The number of carbonyl (C=O) groups excluding carboxylic acids is 1. The van der Waals surface area contributed by atoms with E-state index in [1.54, 1.807) is 0 Å². The van der Waals surface area contributed by atoms with Crippen molar-refractivity contribution in [1.29, 1.82) is 0 Å². The maximum Gasteiger partial charge on any atom is 0.237 e. The fraction of sp³-hybridized carbons (Fsp3) is 0.286. The number of aromatic nitrogens is 3. The van der Waals surface area contributed by atoms with Crippen molar-refractivity contribution in [2.75, 3.05) is 10.7 Å². The molecule has 0 aliphatic carbocycles. The van der Waals surface area contributed by atoms with Crippen LogP contribution in [-0.2, 0) is 4.79 Å². The Morgan fingerprint density at radius 1 is 1.07 bits per heavy atom. The van der Waals surface area contributed by atoms with Crippen molar-refractivity contribution in [3.05, 3.63) is 66.0 Å². The molecule has 5 nitrogen and oxygen atoms in total. The Morgan fingerprint density at radius 3 is 2.48 bits per heavy atom. The summed E-state index contributed by atoms with van der Waals surface area (Å²) in [6.45, 7) is 8.02. The summed E-state index contributed by atoms with van der Waals surface area (Å²) in [5.41, 5.74) is 3.09. The lowest BCUT2D eigenvalue weighted by Gasteiger charge is -2.26. The number of anilines is 1. The number of hydrogen-bond acceptors (Lipinski definition) is 4. The molecule has 0 saturated carbocycles. The zero-order valence-electron chi connectivity index (χ0n) is 16.1. The molecule has 1 heterocycles. The number of rotatable bonds is 6. The molecule has 1 amide bonds. The molecule has 0 unspecified atom stereocenters. The maximum atomic E-state index is 12.9. The van der Waals surface area contributed by atoms with Gasteiger partial charge < -0.3 is 4.90 Å². The normalized spacial score (nSPS) is 11.0. The molecule has 2 aromatic carbocycles. The van der Waals surface area contributed by atoms with E-state index in [1.807, 2.05) is 72.7 Å². The number of amides is 1. The average molecular weight is 381 g/mol. The van der Waals surface area contributed by atoms with Gasteiger partial charge in [-0.3, -0.25) is 9.36 Å². The molecule has 0 saturated heterocycles. The van der Waals surface area contributed by atoms with Gasteiger partial charge in [0.05, 0.1) is 5.75 Å². The van der Waals surface area contributed by atoms with E-state index in [-0.39, 0.29) is 11.9 Å². The molecule has 0 aliphatic rings. The summed E-state index contributed by atoms with van der Waals surface area (Å²) in [5, 5.41) is 9.21. The lowest BCUT2D eigenvalue weighted by Crippen LogP contribution is -2.38. The van der Waals surface area contributed by atoms with E-state index in [1.165, 1.54) is 17.3 Å². The van der Waals surface area contributed by atoms with Crippen molar-refractivity contribution in [3.8, 4) is 5.69 Å². The van der Waals surface area contributed by atoms with Crippen LogP contribution in [0.3, 0.4) is 0 Å². The minimum Gasteiger partial charge on any atom is -0.309 e. The third-order valence-electron chi connectivity index (χ3n) is 4.20. The molecule has 3 rings (SSSR count). The Balaban J connectivity index is 1.80. The van der Waals surface area contributed by atoms with E-state index in [0.717, 1.165) is 22.4 Å². The van der Waals surface area contributed by atoms with Crippen LogP contribution in [0.5, 0.6) is 0 Å². The number of nitrogens with zero attached hydrogens (tertiary/aromatic N) is 4. The van der Waals surface area contributed by atoms with Crippen molar-refractivity contribution in [1.82, 2.24) is 14.8 Å². The minimum atomic E-state index is 0.0534. The van der Waals surface area contributed by atoms with E-state index in [0.29, 0.717) is 5.75 Å². The number of benzene rings is 2. The molecular weight excluding hydrogens is 356 g/mol. The van der Waals surface area contributed by atoms with E-state index in [4.69, 9.17) is 0 Å². The molecule has 0 N–H and O–H groups in total. The molecule has 3 aromatic rings. The number of carbonyl (C=O) groups is 1. The van der Waals surface area contributed by atoms with Gasteiger partial charge in [0.15, 0.2) is 5.16 Å². The molecule has 27 heavy (non-hydrogen) atoms. The van der Waals surface area contributed by atoms with Gasteiger partial charge in [0.1, 0.15) is 5.82 Å². The first-order valence-corrected chi connectivity index (χ1v) is 9.95. The monoisotopic (exact) mass is 380 g/mol. The predicted octanol–water partition coefficient (Wildman–Crippen LogP) is 4.42. The van der Waals surface area contributed by atoms with Crippen LogP contribution in [0.2, 0.25) is 0 Å². The highest BCUT2D eigenvalue weighted by Gasteiger charge is 2.21. The standard InChI is InChI=1S/C21H24N4OS/c1-15(2)24(18-10-6-5-7-11-18)20(26)14-27-21-23-22-17(4)25(21)19-12-8-9-16(3)13-19/h5-13,15H,14H2,1-4H3. The van der Waals surface area contributed by atoms with Gasteiger partial charge in [-0.2, -0.15) is 0 Å². The smallest absolute Gasteiger partial charge is 0.237 e. The SMILES string of the molecule is Cc1cccc(-n2c(C)nnc2SCC(=O)N(c2ccccc2)C(C)C)c1. The second-order valence-corrected chi connectivity index (χ2v) is 7.63. The molecule has 1 aromatic heterocycles. The number of hydrogen-bond donors (Lipinski definition) is 0. The van der Waals surface area contributed by atoms with E-state index in [2.05, 4.69) is 29.3 Å². The van der Waals surface area contributed by atoms with Crippen molar-refractivity contribution < 1.29 is 4.79 Å². The number of aryl methyl sites for hydroxylation is 2. The Hall–Kier alpha value is -2.60. The van der Waals surface area contributed by atoms with Crippen molar-refractivity contribution in [2.45, 2.75) is 38.9 Å². The second kappa shape index (κ2) is 8.39. The van der Waals surface area contributed by atoms with Gasteiger partial charge in [0.2, 0.25) is 5.91 Å². The summed E-state index contributed by atoms with van der Waals surface area (Å²) in [4.78, 5) is 14.7. The van der Waals surface area contributed by atoms with Crippen molar-refractivity contribution >= 4 is 23.4 Å². The largest absolute Gasteiger partial charge is 0.309 e. The molecule has 0 spiro atoms. The lowest BCUT2D eigenvalue weighted by molar-refractivity contribution is -0.116. The maximum absolute atomic E-state index is 12.9. The molecule has 0 atom stereocenters. The molecule has 0 bridgehead atoms.